The number of ether oxygens (including phenoxy) is 1. The molecule has 1 fully saturated rings. The second-order valence-corrected chi connectivity index (χ2v) is 22.0. The topological polar surface area (TPSA) is 107 Å². The third kappa shape index (κ3) is 8.22. The van der Waals surface area contributed by atoms with Gasteiger partial charge < -0.3 is 19.0 Å². The molecule has 1 atom stereocenters. The molecule has 0 bridgehead atoms. The van der Waals surface area contributed by atoms with Crippen LogP contribution in [0.3, 0.4) is 0 Å². The highest BCUT2D eigenvalue weighted by molar-refractivity contribution is 9.10. The number of sulfonamides is 1. The van der Waals surface area contributed by atoms with Gasteiger partial charge in [-0.15, -0.1) is 0 Å². The number of pyridine rings is 1. The average molecular weight is 673 g/mol. The quantitative estimate of drug-likeness (QED) is 0.340. The highest BCUT2D eigenvalue weighted by atomic mass is 79.9. The molecule has 3 rings (SSSR count). The molecule has 1 aliphatic rings. The van der Waals surface area contributed by atoms with E-state index in [-0.39, 0.29) is 41.2 Å². The number of rotatable bonds is 8. The van der Waals surface area contributed by atoms with Crippen LogP contribution in [-0.2, 0) is 25.7 Å². The monoisotopic (exact) mass is 671 g/mol. The van der Waals surface area contributed by atoms with Gasteiger partial charge in [0.25, 0.3) is 5.56 Å². The van der Waals surface area contributed by atoms with E-state index in [2.05, 4.69) is 55.1 Å². The molecule has 1 aliphatic heterocycles. The summed E-state index contributed by atoms with van der Waals surface area (Å²) in [5.74, 6) is 0. The van der Waals surface area contributed by atoms with Crippen LogP contribution in [0.15, 0.2) is 38.6 Å². The fourth-order valence-corrected chi connectivity index (χ4v) is 7.68. The lowest BCUT2D eigenvalue weighted by molar-refractivity contribution is 0.0507. The summed E-state index contributed by atoms with van der Waals surface area (Å²) in [6.07, 6.45) is 1.35. The maximum atomic E-state index is 14.0. The van der Waals surface area contributed by atoms with Crippen molar-refractivity contribution < 1.29 is 22.4 Å². The number of nitrogens with one attached hydrogen (secondary N) is 1. The maximum absolute atomic E-state index is 14.0. The minimum absolute atomic E-state index is 0.0451. The van der Waals surface area contributed by atoms with Crippen LogP contribution in [0.2, 0.25) is 18.1 Å². The van der Waals surface area contributed by atoms with Crippen molar-refractivity contribution in [1.82, 2.24) is 14.2 Å². The Labute approximate surface area is 254 Å². The summed E-state index contributed by atoms with van der Waals surface area (Å²) in [7, 11) is -6.02. The van der Waals surface area contributed by atoms with Gasteiger partial charge in [0.2, 0.25) is 10.0 Å². The molecule has 0 radical (unpaired) electrons. The molecule has 0 aliphatic carbocycles. The Hall–Kier alpha value is -1.73. The van der Waals surface area contributed by atoms with E-state index in [1.54, 1.807) is 39.0 Å². The predicted molar refractivity (Wildman–Crippen MR) is 169 cm³/mol. The molecule has 2 heterocycles. The molecule has 1 amide bonds. The van der Waals surface area contributed by atoms with E-state index in [1.165, 1.54) is 15.1 Å². The molecular weight excluding hydrogens is 626 g/mol. The van der Waals surface area contributed by atoms with Crippen molar-refractivity contribution in [3.05, 3.63) is 39.2 Å². The number of hydrogen-bond acceptors (Lipinski definition) is 6. The number of alkyl carbamates (subject to hydrolysis) is 1. The first-order valence-electron chi connectivity index (χ1n) is 14.0. The first kappa shape index (κ1) is 33.8. The van der Waals surface area contributed by atoms with E-state index >= 15 is 0 Å². The number of fused-ring (bicyclic) bond motifs is 1. The van der Waals surface area contributed by atoms with E-state index in [9.17, 15) is 18.0 Å². The van der Waals surface area contributed by atoms with Gasteiger partial charge in [0, 0.05) is 59.1 Å². The summed E-state index contributed by atoms with van der Waals surface area (Å²) in [5, 5.41) is 3.52. The highest BCUT2D eigenvalue weighted by Gasteiger charge is 2.39. The molecule has 12 heteroatoms. The van der Waals surface area contributed by atoms with Gasteiger partial charge in [-0.05, 0) is 63.5 Å². The number of amides is 1. The Balaban J connectivity index is 1.95. The maximum Gasteiger partial charge on any atom is 0.407 e. The normalized spacial score (nSPS) is 17.7. The summed E-state index contributed by atoms with van der Waals surface area (Å²) in [4.78, 5) is 26.0. The van der Waals surface area contributed by atoms with Gasteiger partial charge in [0.05, 0.1) is 0 Å². The van der Waals surface area contributed by atoms with Crippen LogP contribution in [0.25, 0.3) is 10.8 Å². The van der Waals surface area contributed by atoms with E-state index < -0.39 is 35.4 Å². The van der Waals surface area contributed by atoms with Crippen molar-refractivity contribution in [3.63, 3.8) is 0 Å². The smallest absolute Gasteiger partial charge is 0.407 e. The van der Waals surface area contributed by atoms with Crippen LogP contribution in [0.4, 0.5) is 4.79 Å². The Morgan fingerprint density at radius 1 is 1.10 bits per heavy atom. The van der Waals surface area contributed by atoms with Gasteiger partial charge in [-0.2, -0.15) is 4.31 Å². The van der Waals surface area contributed by atoms with Crippen molar-refractivity contribution >= 4 is 51.1 Å². The Kier molecular flexibility index (Phi) is 9.67. The number of benzene rings is 1. The first-order valence-corrected chi connectivity index (χ1v) is 19.1. The van der Waals surface area contributed by atoms with E-state index in [1.807, 2.05) is 13.8 Å². The van der Waals surface area contributed by atoms with E-state index in [0.717, 1.165) is 0 Å². The van der Waals surface area contributed by atoms with Gasteiger partial charge in [-0.1, -0.05) is 50.5 Å². The summed E-state index contributed by atoms with van der Waals surface area (Å²) in [6.45, 7) is 21.4. The molecule has 1 N–H and O–H groups in total. The van der Waals surface area contributed by atoms with Gasteiger partial charge in [-0.25, -0.2) is 13.2 Å². The molecule has 9 nitrogen and oxygen atoms in total. The Morgan fingerprint density at radius 3 is 2.32 bits per heavy atom. The van der Waals surface area contributed by atoms with Crippen molar-refractivity contribution in [2.75, 3.05) is 19.7 Å². The van der Waals surface area contributed by atoms with Gasteiger partial charge in [0.1, 0.15) is 10.5 Å². The molecule has 230 valence electrons. The van der Waals surface area contributed by atoms with Gasteiger partial charge in [-0.3, -0.25) is 4.79 Å². The van der Waals surface area contributed by atoms with Crippen LogP contribution >= 0.6 is 15.9 Å². The van der Waals surface area contributed by atoms with Crippen molar-refractivity contribution in [1.29, 1.82) is 0 Å². The zero-order chi connectivity index (χ0) is 31.2. The third-order valence-electron chi connectivity index (χ3n) is 7.73. The minimum Gasteiger partial charge on any atom is -0.444 e. The number of aromatic nitrogens is 1. The van der Waals surface area contributed by atoms with Crippen molar-refractivity contribution in [2.45, 2.75) is 103 Å². The lowest BCUT2D eigenvalue weighted by Crippen LogP contribution is -2.44. The van der Waals surface area contributed by atoms with Crippen LogP contribution in [0.1, 0.15) is 61.8 Å². The van der Waals surface area contributed by atoms with E-state index in [4.69, 9.17) is 9.16 Å². The van der Waals surface area contributed by atoms with Crippen LogP contribution in [-0.4, -0.2) is 63.0 Å². The van der Waals surface area contributed by atoms with Crippen molar-refractivity contribution in [2.24, 2.45) is 5.41 Å². The predicted octanol–water partition coefficient (Wildman–Crippen LogP) is 6.10. The SMILES string of the molecule is CC(C)(CO[Si](C)(C)C(C)(C)C)Cn1cc(S(=O)(=O)N2CC[C@@H](NC(=O)OC(C)(C)C)C2)c2cc(Br)ccc2c1=O. The standard InChI is InChI=1S/C29H46BrN3O6SSi/c1-27(2,3)39-26(35)31-21-13-14-33(16-21)40(36,37)24-17-32(25(34)22-12-11-20(30)15-23(22)24)18-29(7,8)19-38-41(9,10)28(4,5)6/h11-12,15,17,21H,13-14,16,18-19H2,1-10H3,(H,31,35)/t21-/m1/s1. The van der Waals surface area contributed by atoms with Crippen LogP contribution in [0.5, 0.6) is 0 Å². The van der Waals surface area contributed by atoms with Crippen LogP contribution in [0, 0.1) is 5.41 Å². The fraction of sp³-hybridized carbons (Fsp3) is 0.655. The summed E-state index contributed by atoms with van der Waals surface area (Å²) in [6, 6.07) is 4.70. The average Bonchev–Trinajstić information content (AvgIpc) is 3.26. The lowest BCUT2D eigenvalue weighted by Gasteiger charge is -2.39. The number of hydrogen-bond donors (Lipinski definition) is 1. The van der Waals surface area contributed by atoms with Crippen LogP contribution < -0.4 is 10.9 Å². The zero-order valence-electron chi connectivity index (χ0n) is 26.1. The second kappa shape index (κ2) is 11.7. The number of nitrogens with zero attached hydrogens (tertiary/aromatic N) is 2. The molecular formula is C29H46BrN3O6SSi. The Morgan fingerprint density at radius 2 is 1.73 bits per heavy atom. The number of halogens is 1. The summed E-state index contributed by atoms with van der Waals surface area (Å²) >= 11 is 3.43. The molecule has 1 saturated heterocycles. The molecule has 0 unspecified atom stereocenters. The third-order valence-corrected chi connectivity index (χ3v) is 14.6. The molecule has 0 saturated carbocycles. The van der Waals surface area contributed by atoms with Crippen molar-refractivity contribution in [3.8, 4) is 0 Å². The molecule has 0 spiro atoms. The molecule has 41 heavy (non-hydrogen) atoms. The summed E-state index contributed by atoms with van der Waals surface area (Å²) < 4.78 is 43.5. The first-order chi connectivity index (χ1) is 18.5. The van der Waals surface area contributed by atoms with Gasteiger partial charge in [0.15, 0.2) is 8.32 Å². The number of carbonyl (C=O) groups is 1. The minimum atomic E-state index is -4.00. The fourth-order valence-electron chi connectivity index (χ4n) is 4.43. The summed E-state index contributed by atoms with van der Waals surface area (Å²) in [5.41, 5.74) is -1.34. The van der Waals surface area contributed by atoms with E-state index in [0.29, 0.717) is 28.3 Å². The highest BCUT2D eigenvalue weighted by Crippen LogP contribution is 2.38. The molecule has 2 aromatic rings. The molecule has 1 aromatic carbocycles. The number of carbonyl (C=O) groups excluding carboxylic acids is 1. The zero-order valence-corrected chi connectivity index (χ0v) is 29.5. The Bertz CT molecular complexity index is 1460. The lowest BCUT2D eigenvalue weighted by atomic mass is 9.94. The largest absolute Gasteiger partial charge is 0.444 e. The second-order valence-electron chi connectivity index (χ2n) is 14.3. The molecule has 1 aromatic heterocycles. The van der Waals surface area contributed by atoms with Gasteiger partial charge >= 0.3 is 6.09 Å².